The van der Waals surface area contributed by atoms with Crippen LogP contribution in [-0.2, 0) is 0 Å². The summed E-state index contributed by atoms with van der Waals surface area (Å²) in [6, 6.07) is 10.9. The number of hydrogen-bond acceptors (Lipinski definition) is 3. The molecular formula is C15H14FN3O2. The van der Waals surface area contributed by atoms with Crippen LogP contribution >= 0.6 is 0 Å². The Balaban J connectivity index is 2.25. The first-order valence-corrected chi connectivity index (χ1v) is 6.17. The summed E-state index contributed by atoms with van der Waals surface area (Å²) in [5, 5.41) is 13.8. The van der Waals surface area contributed by atoms with Gasteiger partial charge in [-0.1, -0.05) is 23.4 Å². The largest absolute Gasteiger partial charge is 0.409 e. The number of aryl methyl sites for hydroxylation is 1. The second-order valence-corrected chi connectivity index (χ2v) is 4.45. The summed E-state index contributed by atoms with van der Waals surface area (Å²) in [5.74, 6) is -1.27. The number of hydrogen-bond donors (Lipinski definition) is 3. The monoisotopic (exact) mass is 287 g/mol. The number of anilines is 1. The number of nitrogens with one attached hydrogen (secondary N) is 1. The molecule has 0 fully saturated rings. The van der Waals surface area contributed by atoms with E-state index in [1.807, 2.05) is 6.07 Å². The Morgan fingerprint density at radius 1 is 1.29 bits per heavy atom. The summed E-state index contributed by atoms with van der Waals surface area (Å²) in [6.07, 6.45) is 0. The van der Waals surface area contributed by atoms with Crippen LogP contribution in [0.4, 0.5) is 10.1 Å². The maximum absolute atomic E-state index is 13.9. The van der Waals surface area contributed by atoms with Crippen LogP contribution in [0.1, 0.15) is 21.5 Å². The number of carbonyl (C=O) groups is 1. The van der Waals surface area contributed by atoms with Crippen LogP contribution in [0.15, 0.2) is 47.6 Å². The minimum Gasteiger partial charge on any atom is -0.409 e. The number of halogens is 1. The number of amides is 1. The van der Waals surface area contributed by atoms with Crippen LogP contribution in [-0.4, -0.2) is 17.0 Å². The molecule has 0 aromatic heterocycles. The van der Waals surface area contributed by atoms with E-state index >= 15 is 0 Å². The second-order valence-electron chi connectivity index (χ2n) is 4.45. The van der Waals surface area contributed by atoms with E-state index in [1.165, 1.54) is 12.1 Å². The maximum atomic E-state index is 13.9. The van der Waals surface area contributed by atoms with Gasteiger partial charge in [0.1, 0.15) is 5.82 Å². The van der Waals surface area contributed by atoms with Crippen molar-refractivity contribution in [3.8, 4) is 0 Å². The zero-order valence-corrected chi connectivity index (χ0v) is 11.3. The summed E-state index contributed by atoms with van der Waals surface area (Å²) in [7, 11) is 0. The highest BCUT2D eigenvalue weighted by Gasteiger charge is 2.12. The van der Waals surface area contributed by atoms with Crippen LogP contribution < -0.4 is 11.1 Å². The van der Waals surface area contributed by atoms with Crippen molar-refractivity contribution >= 4 is 17.4 Å². The molecule has 0 saturated carbocycles. The summed E-state index contributed by atoms with van der Waals surface area (Å²) >= 11 is 0. The molecule has 2 aromatic rings. The molecule has 0 saturated heterocycles. The van der Waals surface area contributed by atoms with Crippen molar-refractivity contribution in [2.45, 2.75) is 6.92 Å². The minimum atomic E-state index is -0.666. The van der Waals surface area contributed by atoms with E-state index in [0.29, 0.717) is 5.56 Å². The Morgan fingerprint density at radius 2 is 2.00 bits per heavy atom. The van der Waals surface area contributed by atoms with E-state index in [9.17, 15) is 9.18 Å². The van der Waals surface area contributed by atoms with Gasteiger partial charge in [0.2, 0.25) is 0 Å². The van der Waals surface area contributed by atoms with Crippen LogP contribution in [0.2, 0.25) is 0 Å². The maximum Gasteiger partial charge on any atom is 0.256 e. The molecule has 0 aliphatic carbocycles. The SMILES string of the molecule is Cc1ccccc1C(=O)Nc1ccc(/C(N)=N/O)cc1F. The van der Waals surface area contributed by atoms with Crippen LogP contribution in [0.3, 0.4) is 0 Å². The van der Waals surface area contributed by atoms with Crippen LogP contribution in [0, 0.1) is 12.7 Å². The van der Waals surface area contributed by atoms with E-state index in [2.05, 4.69) is 10.5 Å². The smallest absolute Gasteiger partial charge is 0.256 e. The van der Waals surface area contributed by atoms with Gasteiger partial charge in [-0.2, -0.15) is 0 Å². The van der Waals surface area contributed by atoms with E-state index in [0.717, 1.165) is 11.6 Å². The lowest BCUT2D eigenvalue weighted by atomic mass is 10.1. The van der Waals surface area contributed by atoms with Crippen molar-refractivity contribution in [2.24, 2.45) is 10.9 Å². The van der Waals surface area contributed by atoms with Gasteiger partial charge in [0.15, 0.2) is 5.84 Å². The Kier molecular flexibility index (Phi) is 4.18. The second kappa shape index (κ2) is 6.04. The van der Waals surface area contributed by atoms with Crippen molar-refractivity contribution in [3.63, 3.8) is 0 Å². The Bertz CT molecular complexity index is 714. The number of oxime groups is 1. The summed E-state index contributed by atoms with van der Waals surface area (Å²) in [5.41, 5.74) is 6.89. The molecule has 4 N–H and O–H groups in total. The third-order valence-electron chi connectivity index (χ3n) is 3.01. The van der Waals surface area contributed by atoms with Crippen LogP contribution in [0.25, 0.3) is 0 Å². The molecule has 0 spiro atoms. The third-order valence-corrected chi connectivity index (χ3v) is 3.01. The fourth-order valence-corrected chi connectivity index (χ4v) is 1.85. The van der Waals surface area contributed by atoms with E-state index in [-0.39, 0.29) is 17.1 Å². The molecule has 0 aliphatic rings. The molecule has 0 bridgehead atoms. The lowest BCUT2D eigenvalue weighted by Crippen LogP contribution is -2.16. The first kappa shape index (κ1) is 14.5. The molecule has 0 heterocycles. The molecule has 0 aliphatic heterocycles. The van der Waals surface area contributed by atoms with Gasteiger partial charge in [-0.3, -0.25) is 4.79 Å². The standard InChI is InChI=1S/C15H14FN3O2/c1-9-4-2-3-5-11(9)15(20)18-13-7-6-10(8-12(13)16)14(17)19-21/h2-8,21H,1H3,(H2,17,19)(H,18,20). The summed E-state index contributed by atoms with van der Waals surface area (Å²) in [4.78, 5) is 12.1. The van der Waals surface area contributed by atoms with Crippen molar-refractivity contribution in [2.75, 3.05) is 5.32 Å². The molecule has 0 unspecified atom stereocenters. The molecular weight excluding hydrogens is 273 g/mol. The fraction of sp³-hybridized carbons (Fsp3) is 0.0667. The highest BCUT2D eigenvalue weighted by atomic mass is 19.1. The number of rotatable bonds is 3. The average molecular weight is 287 g/mol. The molecule has 2 rings (SSSR count). The van der Waals surface area contributed by atoms with Crippen molar-refractivity contribution in [3.05, 3.63) is 65.0 Å². The van der Waals surface area contributed by atoms with Gasteiger partial charge < -0.3 is 16.3 Å². The van der Waals surface area contributed by atoms with Gasteiger partial charge in [-0.05, 0) is 36.8 Å². The molecule has 0 atom stereocenters. The minimum absolute atomic E-state index is 0.0257. The first-order chi connectivity index (χ1) is 10.0. The lowest BCUT2D eigenvalue weighted by molar-refractivity contribution is 0.102. The molecule has 6 heteroatoms. The van der Waals surface area contributed by atoms with Crippen LogP contribution in [0.5, 0.6) is 0 Å². The molecule has 0 radical (unpaired) electrons. The number of benzene rings is 2. The van der Waals surface area contributed by atoms with Crippen molar-refractivity contribution < 1.29 is 14.4 Å². The van der Waals surface area contributed by atoms with Gasteiger partial charge in [0.05, 0.1) is 5.69 Å². The van der Waals surface area contributed by atoms with Crippen molar-refractivity contribution in [1.82, 2.24) is 0 Å². The summed E-state index contributed by atoms with van der Waals surface area (Å²) < 4.78 is 13.9. The highest BCUT2D eigenvalue weighted by molar-refractivity contribution is 6.05. The Labute approximate surface area is 120 Å². The Morgan fingerprint density at radius 3 is 2.62 bits per heavy atom. The average Bonchev–Trinajstić information content (AvgIpc) is 2.48. The fourth-order valence-electron chi connectivity index (χ4n) is 1.85. The van der Waals surface area contributed by atoms with E-state index in [4.69, 9.17) is 10.9 Å². The molecule has 108 valence electrons. The van der Waals surface area contributed by atoms with E-state index in [1.54, 1.807) is 25.1 Å². The summed E-state index contributed by atoms with van der Waals surface area (Å²) in [6.45, 7) is 1.80. The van der Waals surface area contributed by atoms with Gasteiger partial charge >= 0.3 is 0 Å². The quantitative estimate of drug-likeness (QED) is 0.351. The van der Waals surface area contributed by atoms with Gasteiger partial charge in [0.25, 0.3) is 5.91 Å². The number of carbonyl (C=O) groups excluding carboxylic acids is 1. The predicted molar refractivity (Wildman–Crippen MR) is 78.0 cm³/mol. The zero-order valence-electron chi connectivity index (χ0n) is 11.3. The third kappa shape index (κ3) is 3.17. The predicted octanol–water partition coefficient (Wildman–Crippen LogP) is 2.48. The number of nitrogens with zero attached hydrogens (tertiary/aromatic N) is 1. The molecule has 5 nitrogen and oxygen atoms in total. The Hall–Kier alpha value is -2.89. The molecule has 1 amide bonds. The lowest BCUT2D eigenvalue weighted by Gasteiger charge is -2.09. The number of amidine groups is 1. The highest BCUT2D eigenvalue weighted by Crippen LogP contribution is 2.17. The van der Waals surface area contributed by atoms with Gasteiger partial charge in [-0.15, -0.1) is 0 Å². The number of nitrogens with two attached hydrogens (primary N) is 1. The normalized spacial score (nSPS) is 11.2. The molecule has 2 aromatic carbocycles. The molecule has 21 heavy (non-hydrogen) atoms. The van der Waals surface area contributed by atoms with Gasteiger partial charge in [-0.25, -0.2) is 4.39 Å². The zero-order chi connectivity index (χ0) is 15.4. The van der Waals surface area contributed by atoms with Crippen molar-refractivity contribution in [1.29, 1.82) is 0 Å². The first-order valence-electron chi connectivity index (χ1n) is 6.17. The topological polar surface area (TPSA) is 87.7 Å². The van der Waals surface area contributed by atoms with Gasteiger partial charge in [0, 0.05) is 11.1 Å². The van der Waals surface area contributed by atoms with E-state index < -0.39 is 11.7 Å².